The van der Waals surface area contributed by atoms with E-state index in [4.69, 9.17) is 16.3 Å². The molecule has 0 unspecified atom stereocenters. The molecule has 1 aromatic carbocycles. The summed E-state index contributed by atoms with van der Waals surface area (Å²) in [4.78, 5) is 28.5. The molecule has 0 aromatic heterocycles. The van der Waals surface area contributed by atoms with Crippen molar-refractivity contribution in [1.82, 2.24) is 9.80 Å². The van der Waals surface area contributed by atoms with Gasteiger partial charge in [-0.1, -0.05) is 6.07 Å². The molecule has 0 N–H and O–H groups in total. The van der Waals surface area contributed by atoms with Crippen LogP contribution in [0.4, 0.5) is 0 Å². The Morgan fingerprint density at radius 1 is 1.13 bits per heavy atom. The molecule has 1 aliphatic carbocycles. The van der Waals surface area contributed by atoms with Gasteiger partial charge in [0.1, 0.15) is 5.75 Å². The first-order valence-electron chi connectivity index (χ1n) is 7.94. The molecule has 2 aliphatic rings. The van der Waals surface area contributed by atoms with Gasteiger partial charge >= 0.3 is 0 Å². The van der Waals surface area contributed by atoms with E-state index in [0.717, 1.165) is 12.8 Å². The van der Waals surface area contributed by atoms with Gasteiger partial charge in [0.15, 0.2) is 0 Å². The molecule has 2 fully saturated rings. The van der Waals surface area contributed by atoms with Gasteiger partial charge in [-0.05, 0) is 31.0 Å². The van der Waals surface area contributed by atoms with Gasteiger partial charge in [0.05, 0.1) is 7.11 Å². The number of alkyl halides is 1. The third-order valence-electron chi connectivity index (χ3n) is 4.63. The second-order valence-electron chi connectivity index (χ2n) is 6.12. The van der Waals surface area contributed by atoms with Crippen LogP contribution in [-0.4, -0.2) is 60.3 Å². The molecule has 3 rings (SSSR count). The van der Waals surface area contributed by atoms with Gasteiger partial charge in [-0.15, -0.1) is 11.6 Å². The van der Waals surface area contributed by atoms with Crippen LogP contribution in [0.15, 0.2) is 24.3 Å². The van der Waals surface area contributed by atoms with Gasteiger partial charge in [0.2, 0.25) is 5.91 Å². The van der Waals surface area contributed by atoms with Crippen LogP contribution in [-0.2, 0) is 4.79 Å². The Morgan fingerprint density at radius 2 is 1.78 bits per heavy atom. The third-order valence-corrected chi connectivity index (χ3v) is 4.98. The lowest BCUT2D eigenvalue weighted by molar-refractivity contribution is -0.139. The molecule has 124 valence electrons. The molecule has 2 amide bonds. The topological polar surface area (TPSA) is 49.9 Å². The predicted molar refractivity (Wildman–Crippen MR) is 87.8 cm³/mol. The SMILES string of the molecule is COc1cccc(C(=O)N2CCN(C(=O)C3CC(Cl)C3)CC2)c1. The number of hydrogen-bond donors (Lipinski definition) is 0. The monoisotopic (exact) mass is 336 g/mol. The predicted octanol–water partition coefficient (Wildman–Crippen LogP) is 2.00. The van der Waals surface area contributed by atoms with Crippen LogP contribution in [0.25, 0.3) is 0 Å². The molecule has 0 radical (unpaired) electrons. The van der Waals surface area contributed by atoms with E-state index >= 15 is 0 Å². The van der Waals surface area contributed by atoms with E-state index in [9.17, 15) is 9.59 Å². The first kappa shape index (κ1) is 16.1. The third kappa shape index (κ3) is 3.44. The van der Waals surface area contributed by atoms with Crippen molar-refractivity contribution < 1.29 is 14.3 Å². The maximum absolute atomic E-state index is 12.5. The number of rotatable bonds is 3. The zero-order chi connectivity index (χ0) is 16.4. The van der Waals surface area contributed by atoms with Gasteiger partial charge in [-0.3, -0.25) is 9.59 Å². The molecule has 6 heteroatoms. The van der Waals surface area contributed by atoms with Gasteiger partial charge < -0.3 is 14.5 Å². The Bertz CT molecular complexity index is 593. The Morgan fingerprint density at radius 3 is 2.39 bits per heavy atom. The van der Waals surface area contributed by atoms with Crippen molar-refractivity contribution in [1.29, 1.82) is 0 Å². The first-order valence-corrected chi connectivity index (χ1v) is 8.38. The highest BCUT2D eigenvalue weighted by molar-refractivity contribution is 6.21. The highest BCUT2D eigenvalue weighted by atomic mass is 35.5. The molecule has 0 bridgehead atoms. The van der Waals surface area contributed by atoms with Crippen LogP contribution in [0.2, 0.25) is 0 Å². The van der Waals surface area contributed by atoms with E-state index < -0.39 is 0 Å². The van der Waals surface area contributed by atoms with Crippen LogP contribution >= 0.6 is 11.6 Å². The molecule has 0 spiro atoms. The second kappa shape index (κ2) is 6.79. The normalized spacial score (nSPS) is 24.1. The zero-order valence-corrected chi connectivity index (χ0v) is 14.0. The number of benzene rings is 1. The van der Waals surface area contributed by atoms with Crippen molar-refractivity contribution in [3.8, 4) is 5.75 Å². The van der Waals surface area contributed by atoms with Crippen molar-refractivity contribution in [2.24, 2.45) is 5.92 Å². The number of piperazine rings is 1. The fourth-order valence-corrected chi connectivity index (χ4v) is 3.51. The van der Waals surface area contributed by atoms with E-state index in [2.05, 4.69) is 0 Å². The maximum Gasteiger partial charge on any atom is 0.254 e. The van der Waals surface area contributed by atoms with Crippen molar-refractivity contribution in [3.05, 3.63) is 29.8 Å². The van der Waals surface area contributed by atoms with Crippen LogP contribution < -0.4 is 4.74 Å². The fraction of sp³-hybridized carbons (Fsp3) is 0.529. The number of ether oxygens (including phenoxy) is 1. The van der Waals surface area contributed by atoms with Gasteiger partial charge in [-0.25, -0.2) is 0 Å². The first-order chi connectivity index (χ1) is 11.1. The summed E-state index contributed by atoms with van der Waals surface area (Å²) in [5.41, 5.74) is 0.619. The summed E-state index contributed by atoms with van der Waals surface area (Å²) in [6, 6.07) is 7.16. The van der Waals surface area contributed by atoms with E-state index in [0.29, 0.717) is 37.5 Å². The molecule has 0 atom stereocenters. The lowest BCUT2D eigenvalue weighted by Gasteiger charge is -2.39. The largest absolute Gasteiger partial charge is 0.497 e. The zero-order valence-electron chi connectivity index (χ0n) is 13.2. The highest BCUT2D eigenvalue weighted by Crippen LogP contribution is 2.33. The molecule has 23 heavy (non-hydrogen) atoms. The van der Waals surface area contributed by atoms with Crippen LogP contribution in [0.5, 0.6) is 5.75 Å². The summed E-state index contributed by atoms with van der Waals surface area (Å²) in [6.45, 7) is 2.33. The molecular formula is C17H21ClN2O3. The van der Waals surface area contributed by atoms with Crippen molar-refractivity contribution in [2.75, 3.05) is 33.3 Å². The lowest BCUT2D eigenvalue weighted by Crippen LogP contribution is -2.53. The number of carbonyl (C=O) groups excluding carboxylic acids is 2. The standard InChI is InChI=1S/C17H21ClN2O3/c1-23-15-4-2-3-12(11-15)16(21)19-5-7-20(8-6-19)17(22)13-9-14(18)10-13/h2-4,11,13-14H,5-10H2,1H3. The Balaban J connectivity index is 1.56. The number of amides is 2. The summed E-state index contributed by atoms with van der Waals surface area (Å²) < 4.78 is 5.16. The quantitative estimate of drug-likeness (QED) is 0.793. The van der Waals surface area contributed by atoms with Gasteiger partial charge in [0.25, 0.3) is 5.91 Å². The van der Waals surface area contributed by atoms with Crippen molar-refractivity contribution in [3.63, 3.8) is 0 Å². The van der Waals surface area contributed by atoms with Gasteiger partial charge in [-0.2, -0.15) is 0 Å². The second-order valence-corrected chi connectivity index (χ2v) is 6.73. The average molecular weight is 337 g/mol. The minimum absolute atomic E-state index is 0.0135. The summed E-state index contributed by atoms with van der Waals surface area (Å²) in [5.74, 6) is 0.930. The molecule has 1 aliphatic heterocycles. The van der Waals surface area contributed by atoms with Crippen LogP contribution in [0.3, 0.4) is 0 Å². The Labute approximate surface area is 141 Å². The van der Waals surface area contributed by atoms with E-state index in [1.54, 1.807) is 24.1 Å². The Hall–Kier alpha value is -1.75. The summed E-state index contributed by atoms with van der Waals surface area (Å²) >= 11 is 5.95. The number of methoxy groups -OCH3 is 1. The maximum atomic E-state index is 12.5. The molecule has 1 aromatic rings. The summed E-state index contributed by atoms with van der Waals surface area (Å²) in [6.07, 6.45) is 1.56. The highest BCUT2D eigenvalue weighted by Gasteiger charge is 2.37. The molecule has 1 heterocycles. The minimum Gasteiger partial charge on any atom is -0.497 e. The molecule has 1 saturated carbocycles. The number of carbonyl (C=O) groups is 2. The van der Waals surface area contributed by atoms with Crippen LogP contribution in [0.1, 0.15) is 23.2 Å². The fourth-order valence-electron chi connectivity index (χ4n) is 3.08. The van der Waals surface area contributed by atoms with Gasteiger partial charge in [0, 0.05) is 43.0 Å². The molecule has 5 nitrogen and oxygen atoms in total. The van der Waals surface area contributed by atoms with Crippen molar-refractivity contribution in [2.45, 2.75) is 18.2 Å². The average Bonchev–Trinajstić information content (AvgIpc) is 2.58. The smallest absolute Gasteiger partial charge is 0.254 e. The number of halogens is 1. The van der Waals surface area contributed by atoms with E-state index in [-0.39, 0.29) is 23.1 Å². The molecular weight excluding hydrogens is 316 g/mol. The summed E-state index contributed by atoms with van der Waals surface area (Å²) in [7, 11) is 1.58. The minimum atomic E-state index is -0.0135. The molecule has 1 saturated heterocycles. The van der Waals surface area contributed by atoms with Crippen molar-refractivity contribution >= 4 is 23.4 Å². The van der Waals surface area contributed by atoms with E-state index in [1.165, 1.54) is 0 Å². The van der Waals surface area contributed by atoms with Crippen LogP contribution in [0, 0.1) is 5.92 Å². The number of hydrogen-bond acceptors (Lipinski definition) is 3. The number of nitrogens with zero attached hydrogens (tertiary/aromatic N) is 2. The lowest BCUT2D eigenvalue weighted by atomic mass is 9.83. The summed E-state index contributed by atoms with van der Waals surface area (Å²) in [5, 5.41) is 0.153. The Kier molecular flexibility index (Phi) is 4.76. The van der Waals surface area contributed by atoms with E-state index in [1.807, 2.05) is 17.0 Å².